The van der Waals surface area contributed by atoms with Gasteiger partial charge in [0.05, 0.1) is 11.9 Å². The summed E-state index contributed by atoms with van der Waals surface area (Å²) in [5.74, 6) is 0. The van der Waals surface area contributed by atoms with Gasteiger partial charge in [-0.2, -0.15) is 5.10 Å². The summed E-state index contributed by atoms with van der Waals surface area (Å²) in [5, 5.41) is 4.08. The van der Waals surface area contributed by atoms with Gasteiger partial charge in [-0.25, -0.2) is 0 Å². The minimum absolute atomic E-state index is 0.458. The summed E-state index contributed by atoms with van der Waals surface area (Å²) in [4.78, 5) is 0. The van der Waals surface area contributed by atoms with Crippen LogP contribution in [0.4, 0.5) is 0 Å². The molecule has 0 bridgehead atoms. The fraction of sp³-hybridized carbons (Fsp3) is 0.500. The fourth-order valence-corrected chi connectivity index (χ4v) is 0.751. The van der Waals surface area contributed by atoms with Gasteiger partial charge in [0, 0.05) is 12.7 Å². The van der Waals surface area contributed by atoms with Crippen molar-refractivity contribution in [2.45, 2.75) is 13.1 Å². The molecule has 0 amide bonds. The topological polar surface area (TPSA) is 69.9 Å². The van der Waals surface area contributed by atoms with Crippen molar-refractivity contribution in [2.24, 2.45) is 18.5 Å². The summed E-state index contributed by atoms with van der Waals surface area (Å²) in [6, 6.07) is 1.88. The molecule has 1 rings (SSSR count). The molecule has 0 saturated carbocycles. The number of hydrogen-bond donors (Lipinski definition) is 2. The first kappa shape index (κ1) is 7.24. The van der Waals surface area contributed by atoms with Gasteiger partial charge in [0.25, 0.3) is 0 Å². The Hall–Kier alpha value is -0.870. The number of aromatic nitrogens is 2. The minimum Gasteiger partial charge on any atom is -0.311 e. The van der Waals surface area contributed by atoms with Crippen LogP contribution in [0.1, 0.15) is 17.6 Å². The molecule has 0 spiro atoms. The summed E-state index contributed by atoms with van der Waals surface area (Å²) in [6.07, 6.45) is -0.458. The van der Waals surface area contributed by atoms with Gasteiger partial charge in [-0.1, -0.05) is 0 Å². The van der Waals surface area contributed by atoms with E-state index in [1.54, 1.807) is 4.68 Å². The Morgan fingerprint density at radius 3 is 2.40 bits per heavy atom. The second-order valence-electron chi connectivity index (χ2n) is 2.36. The quantitative estimate of drug-likeness (QED) is 0.523. The Kier molecular flexibility index (Phi) is 1.74. The number of nitrogens with zero attached hydrogens (tertiary/aromatic N) is 2. The van der Waals surface area contributed by atoms with E-state index in [1.807, 2.05) is 20.0 Å². The van der Waals surface area contributed by atoms with E-state index in [0.29, 0.717) is 0 Å². The average molecular weight is 140 g/mol. The van der Waals surface area contributed by atoms with E-state index in [1.165, 1.54) is 0 Å². The lowest BCUT2D eigenvalue weighted by Crippen LogP contribution is -2.20. The van der Waals surface area contributed by atoms with Crippen LogP contribution >= 0.6 is 0 Å². The zero-order valence-corrected chi connectivity index (χ0v) is 6.20. The van der Waals surface area contributed by atoms with Crippen molar-refractivity contribution < 1.29 is 0 Å². The molecule has 4 N–H and O–H groups in total. The highest BCUT2D eigenvalue weighted by atomic mass is 15.3. The molecule has 0 aliphatic carbocycles. The molecule has 1 heterocycles. The van der Waals surface area contributed by atoms with Crippen molar-refractivity contribution in [3.63, 3.8) is 0 Å². The van der Waals surface area contributed by atoms with E-state index in [4.69, 9.17) is 11.5 Å². The maximum atomic E-state index is 5.40. The molecule has 10 heavy (non-hydrogen) atoms. The second kappa shape index (κ2) is 2.40. The molecule has 0 aliphatic rings. The predicted molar refractivity (Wildman–Crippen MR) is 39.1 cm³/mol. The van der Waals surface area contributed by atoms with Crippen LogP contribution in [0.25, 0.3) is 0 Å². The average Bonchev–Trinajstić information content (AvgIpc) is 2.13. The Bertz CT molecular complexity index is 206. The Morgan fingerprint density at radius 2 is 2.20 bits per heavy atom. The van der Waals surface area contributed by atoms with Crippen molar-refractivity contribution in [3.8, 4) is 0 Å². The molecule has 1 aromatic heterocycles. The molecule has 0 aromatic carbocycles. The van der Waals surface area contributed by atoms with Crippen molar-refractivity contribution in [2.75, 3.05) is 0 Å². The van der Waals surface area contributed by atoms with Gasteiger partial charge in [-0.05, 0) is 13.0 Å². The molecule has 56 valence electrons. The molecule has 0 saturated heterocycles. The molecule has 0 atom stereocenters. The third-order valence-electron chi connectivity index (χ3n) is 1.47. The lowest BCUT2D eigenvalue weighted by molar-refractivity contribution is 0.673. The molecule has 1 aromatic rings. The lowest BCUT2D eigenvalue weighted by atomic mass is 10.3. The zero-order valence-electron chi connectivity index (χ0n) is 6.20. The lowest BCUT2D eigenvalue weighted by Gasteiger charge is -1.96. The smallest absolute Gasteiger partial charge is 0.0978 e. The van der Waals surface area contributed by atoms with Crippen molar-refractivity contribution in [1.82, 2.24) is 9.78 Å². The SMILES string of the molecule is Cc1cc(C(N)N)nn1C. The van der Waals surface area contributed by atoms with Gasteiger partial charge in [0.15, 0.2) is 0 Å². The number of rotatable bonds is 1. The normalized spacial score (nSPS) is 10.9. The predicted octanol–water partition coefficient (Wildman–Crippen LogP) is -0.355. The van der Waals surface area contributed by atoms with Crippen molar-refractivity contribution in [1.29, 1.82) is 0 Å². The van der Waals surface area contributed by atoms with Crippen LogP contribution in [0.2, 0.25) is 0 Å². The third-order valence-corrected chi connectivity index (χ3v) is 1.47. The molecule has 0 aliphatic heterocycles. The van der Waals surface area contributed by atoms with Crippen LogP contribution in [0.15, 0.2) is 6.07 Å². The molecule has 0 fully saturated rings. The van der Waals surface area contributed by atoms with Crippen LogP contribution in [0.5, 0.6) is 0 Å². The number of aryl methyl sites for hydroxylation is 2. The first-order valence-electron chi connectivity index (χ1n) is 3.13. The van der Waals surface area contributed by atoms with Crippen LogP contribution in [-0.4, -0.2) is 9.78 Å². The van der Waals surface area contributed by atoms with Crippen LogP contribution < -0.4 is 11.5 Å². The van der Waals surface area contributed by atoms with Gasteiger partial charge >= 0.3 is 0 Å². The number of nitrogens with two attached hydrogens (primary N) is 2. The van der Waals surface area contributed by atoms with E-state index < -0.39 is 6.17 Å². The molecule has 0 radical (unpaired) electrons. The van der Waals surface area contributed by atoms with E-state index in [9.17, 15) is 0 Å². The molecular formula is C6H12N4. The summed E-state index contributed by atoms with van der Waals surface area (Å²) in [7, 11) is 1.86. The van der Waals surface area contributed by atoms with Crippen LogP contribution in [-0.2, 0) is 7.05 Å². The highest BCUT2D eigenvalue weighted by Gasteiger charge is 2.04. The van der Waals surface area contributed by atoms with Gasteiger partial charge in [-0.15, -0.1) is 0 Å². The largest absolute Gasteiger partial charge is 0.311 e. The highest BCUT2D eigenvalue weighted by molar-refractivity contribution is 5.10. The maximum absolute atomic E-state index is 5.40. The van der Waals surface area contributed by atoms with Gasteiger partial charge in [0.1, 0.15) is 0 Å². The summed E-state index contributed by atoms with van der Waals surface area (Å²) in [5.41, 5.74) is 12.6. The first-order chi connectivity index (χ1) is 4.61. The Labute approximate surface area is 59.8 Å². The van der Waals surface area contributed by atoms with Crippen molar-refractivity contribution in [3.05, 3.63) is 17.5 Å². The summed E-state index contributed by atoms with van der Waals surface area (Å²) in [6.45, 7) is 1.96. The summed E-state index contributed by atoms with van der Waals surface area (Å²) < 4.78 is 1.75. The molecule has 0 unspecified atom stereocenters. The van der Waals surface area contributed by atoms with Crippen molar-refractivity contribution >= 4 is 0 Å². The van der Waals surface area contributed by atoms with Crippen LogP contribution in [0, 0.1) is 6.92 Å². The zero-order chi connectivity index (χ0) is 7.72. The third kappa shape index (κ3) is 1.17. The Morgan fingerprint density at radius 1 is 1.60 bits per heavy atom. The minimum atomic E-state index is -0.458. The summed E-state index contributed by atoms with van der Waals surface area (Å²) >= 11 is 0. The first-order valence-corrected chi connectivity index (χ1v) is 3.13. The van der Waals surface area contributed by atoms with E-state index in [2.05, 4.69) is 5.10 Å². The van der Waals surface area contributed by atoms with E-state index in [0.717, 1.165) is 11.4 Å². The fourth-order valence-electron chi connectivity index (χ4n) is 0.751. The van der Waals surface area contributed by atoms with E-state index >= 15 is 0 Å². The second-order valence-corrected chi connectivity index (χ2v) is 2.36. The molecule has 4 heteroatoms. The molecule has 4 nitrogen and oxygen atoms in total. The van der Waals surface area contributed by atoms with Gasteiger partial charge in [-0.3, -0.25) is 4.68 Å². The standard InChI is InChI=1S/C6H12N4/c1-4-3-5(6(7)8)9-10(4)2/h3,6H,7-8H2,1-2H3. The Balaban J connectivity index is 2.98. The number of hydrogen-bond acceptors (Lipinski definition) is 3. The van der Waals surface area contributed by atoms with Crippen LogP contribution in [0.3, 0.4) is 0 Å². The maximum Gasteiger partial charge on any atom is 0.0978 e. The monoisotopic (exact) mass is 140 g/mol. The van der Waals surface area contributed by atoms with E-state index in [-0.39, 0.29) is 0 Å². The molecular weight excluding hydrogens is 128 g/mol. The van der Waals surface area contributed by atoms with Gasteiger partial charge < -0.3 is 11.5 Å². The van der Waals surface area contributed by atoms with Gasteiger partial charge in [0.2, 0.25) is 0 Å². The highest BCUT2D eigenvalue weighted by Crippen LogP contribution is 2.04.